The Kier molecular flexibility index (Phi) is 4.91. The third-order valence-electron chi connectivity index (χ3n) is 3.58. The zero-order valence-corrected chi connectivity index (χ0v) is 15.3. The number of anilines is 1. The lowest BCUT2D eigenvalue weighted by Crippen LogP contribution is -2.31. The molecule has 1 fully saturated rings. The Morgan fingerprint density at radius 2 is 1.79 bits per heavy atom. The highest BCUT2D eigenvalue weighted by Crippen LogP contribution is 2.35. The summed E-state index contributed by atoms with van der Waals surface area (Å²) < 4.78 is 1.01. The number of carbonyl (C=O) groups is 3. The first-order valence-electron chi connectivity index (χ1n) is 7.08. The smallest absolute Gasteiger partial charge is 0.336 e. The van der Waals surface area contributed by atoms with Crippen LogP contribution in [0.25, 0.3) is 0 Å². The average Bonchev–Trinajstić information content (AvgIpc) is 2.83. The number of halogens is 1. The Labute approximate surface area is 156 Å². The van der Waals surface area contributed by atoms with E-state index in [-0.39, 0.29) is 23.8 Å². The molecule has 5 nitrogen and oxygen atoms in total. The molecule has 0 aromatic heterocycles. The fourth-order valence-corrected chi connectivity index (χ4v) is 3.99. The van der Waals surface area contributed by atoms with Crippen LogP contribution in [0.15, 0.2) is 53.4 Å². The first kappa shape index (κ1) is 17.0. The summed E-state index contributed by atoms with van der Waals surface area (Å²) in [6.45, 7) is 0. The van der Waals surface area contributed by atoms with Crippen molar-refractivity contribution >= 4 is 57.8 Å². The SMILES string of the molecule is O=C(O)c1ccccc1S[C@H]1CC(=O)N(c2ccc(I)cc2)C1=O. The fourth-order valence-electron chi connectivity index (χ4n) is 2.46. The van der Waals surface area contributed by atoms with Gasteiger partial charge in [0.15, 0.2) is 0 Å². The number of rotatable bonds is 4. The molecule has 0 unspecified atom stereocenters. The number of carbonyl (C=O) groups excluding carboxylic acids is 2. The van der Waals surface area contributed by atoms with Gasteiger partial charge < -0.3 is 5.11 Å². The molecule has 1 N–H and O–H groups in total. The van der Waals surface area contributed by atoms with Crippen LogP contribution in [-0.4, -0.2) is 28.1 Å². The second-order valence-corrected chi connectivity index (χ2v) is 7.65. The van der Waals surface area contributed by atoms with Crippen molar-refractivity contribution in [3.8, 4) is 0 Å². The van der Waals surface area contributed by atoms with E-state index < -0.39 is 11.2 Å². The molecule has 2 amide bonds. The van der Waals surface area contributed by atoms with E-state index in [0.29, 0.717) is 10.6 Å². The van der Waals surface area contributed by atoms with Crippen molar-refractivity contribution < 1.29 is 19.5 Å². The number of aromatic carboxylic acids is 1. The van der Waals surface area contributed by atoms with Gasteiger partial charge >= 0.3 is 5.97 Å². The van der Waals surface area contributed by atoms with Crippen LogP contribution >= 0.6 is 34.4 Å². The lowest BCUT2D eigenvalue weighted by molar-refractivity contribution is -0.121. The summed E-state index contributed by atoms with van der Waals surface area (Å²) in [6.07, 6.45) is 0.0590. The van der Waals surface area contributed by atoms with Crippen LogP contribution in [0.1, 0.15) is 16.8 Å². The molecule has 0 spiro atoms. The van der Waals surface area contributed by atoms with Crippen molar-refractivity contribution in [1.29, 1.82) is 0 Å². The second kappa shape index (κ2) is 6.94. The minimum Gasteiger partial charge on any atom is -0.478 e. The maximum absolute atomic E-state index is 12.6. The van der Waals surface area contributed by atoms with Crippen molar-refractivity contribution in [2.24, 2.45) is 0 Å². The molecule has 122 valence electrons. The molecule has 7 heteroatoms. The highest BCUT2D eigenvalue weighted by Gasteiger charge is 2.40. The van der Waals surface area contributed by atoms with E-state index in [1.165, 1.54) is 11.0 Å². The Morgan fingerprint density at radius 3 is 2.46 bits per heavy atom. The Bertz CT molecular complexity index is 822. The van der Waals surface area contributed by atoms with Crippen molar-refractivity contribution in [1.82, 2.24) is 0 Å². The molecule has 1 aliphatic rings. The summed E-state index contributed by atoms with van der Waals surface area (Å²) in [7, 11) is 0. The maximum atomic E-state index is 12.6. The van der Waals surface area contributed by atoms with Crippen LogP contribution in [0.2, 0.25) is 0 Å². The number of thioether (sulfide) groups is 1. The van der Waals surface area contributed by atoms with Gasteiger partial charge in [0.25, 0.3) is 0 Å². The first-order valence-corrected chi connectivity index (χ1v) is 9.04. The molecule has 0 saturated carbocycles. The van der Waals surface area contributed by atoms with Gasteiger partial charge in [-0.3, -0.25) is 9.59 Å². The molecule has 1 heterocycles. The minimum absolute atomic E-state index is 0.0590. The van der Waals surface area contributed by atoms with E-state index in [9.17, 15) is 19.5 Å². The summed E-state index contributed by atoms with van der Waals surface area (Å²) in [5, 5.41) is 8.62. The van der Waals surface area contributed by atoms with Crippen LogP contribution in [0.4, 0.5) is 5.69 Å². The molecule has 2 aromatic rings. The quantitative estimate of drug-likeness (QED) is 0.568. The van der Waals surface area contributed by atoms with Gasteiger partial charge in [0.1, 0.15) is 0 Å². The predicted octanol–water partition coefficient (Wildman–Crippen LogP) is 3.41. The predicted molar refractivity (Wildman–Crippen MR) is 99.3 cm³/mol. The monoisotopic (exact) mass is 453 g/mol. The molecule has 1 saturated heterocycles. The van der Waals surface area contributed by atoms with Gasteiger partial charge in [-0.25, -0.2) is 9.69 Å². The van der Waals surface area contributed by atoms with Crippen molar-refractivity contribution in [3.63, 3.8) is 0 Å². The van der Waals surface area contributed by atoms with Crippen LogP contribution in [0.3, 0.4) is 0 Å². The maximum Gasteiger partial charge on any atom is 0.336 e. The topological polar surface area (TPSA) is 74.7 Å². The van der Waals surface area contributed by atoms with E-state index in [1.807, 2.05) is 12.1 Å². The number of hydrogen-bond donors (Lipinski definition) is 1. The minimum atomic E-state index is -1.05. The van der Waals surface area contributed by atoms with E-state index in [2.05, 4.69) is 22.6 Å². The van der Waals surface area contributed by atoms with E-state index in [0.717, 1.165) is 15.3 Å². The van der Waals surface area contributed by atoms with Crippen LogP contribution in [-0.2, 0) is 9.59 Å². The largest absolute Gasteiger partial charge is 0.478 e. The van der Waals surface area contributed by atoms with E-state index in [1.54, 1.807) is 30.3 Å². The third kappa shape index (κ3) is 3.32. The number of hydrogen-bond acceptors (Lipinski definition) is 4. The highest BCUT2D eigenvalue weighted by atomic mass is 127. The van der Waals surface area contributed by atoms with E-state index in [4.69, 9.17) is 0 Å². The zero-order chi connectivity index (χ0) is 17.3. The number of benzene rings is 2. The molecular formula is C17H12INO4S. The van der Waals surface area contributed by atoms with Gasteiger partial charge in [-0.1, -0.05) is 12.1 Å². The molecule has 0 bridgehead atoms. The van der Waals surface area contributed by atoms with Crippen molar-refractivity contribution in [3.05, 3.63) is 57.7 Å². The normalized spacial score (nSPS) is 17.4. The molecule has 0 aliphatic carbocycles. The summed E-state index contributed by atoms with van der Waals surface area (Å²) >= 11 is 3.28. The van der Waals surface area contributed by atoms with Gasteiger partial charge in [-0.05, 0) is 59.0 Å². The van der Waals surface area contributed by atoms with Gasteiger partial charge in [0, 0.05) is 14.9 Å². The second-order valence-electron chi connectivity index (χ2n) is 5.16. The summed E-state index contributed by atoms with van der Waals surface area (Å²) in [5.41, 5.74) is 0.676. The van der Waals surface area contributed by atoms with Gasteiger partial charge in [0.05, 0.1) is 16.5 Å². The Hall–Kier alpha value is -1.87. The Morgan fingerprint density at radius 1 is 1.12 bits per heavy atom. The molecule has 2 aromatic carbocycles. The number of imide groups is 1. The van der Waals surface area contributed by atoms with Crippen LogP contribution < -0.4 is 4.90 Å². The lowest BCUT2D eigenvalue weighted by Gasteiger charge is -2.15. The number of amides is 2. The van der Waals surface area contributed by atoms with Gasteiger partial charge in [0.2, 0.25) is 11.8 Å². The van der Waals surface area contributed by atoms with Crippen molar-refractivity contribution in [2.75, 3.05) is 4.90 Å². The molecule has 24 heavy (non-hydrogen) atoms. The summed E-state index contributed by atoms with van der Waals surface area (Å²) in [6, 6.07) is 13.6. The standard InChI is InChI=1S/C17H12INO4S/c18-10-5-7-11(8-6-10)19-15(20)9-14(16(19)21)24-13-4-2-1-3-12(13)17(22)23/h1-8,14H,9H2,(H,22,23)/t14-/m0/s1. The van der Waals surface area contributed by atoms with Gasteiger partial charge in [-0.2, -0.15) is 0 Å². The number of nitrogens with zero attached hydrogens (tertiary/aromatic N) is 1. The third-order valence-corrected chi connectivity index (χ3v) is 5.56. The Balaban J connectivity index is 1.85. The van der Waals surface area contributed by atoms with Crippen LogP contribution in [0, 0.1) is 3.57 Å². The fraction of sp³-hybridized carbons (Fsp3) is 0.118. The highest BCUT2D eigenvalue weighted by molar-refractivity contribution is 14.1. The van der Waals surface area contributed by atoms with E-state index >= 15 is 0 Å². The molecule has 0 radical (unpaired) electrons. The number of carboxylic acids is 1. The molecule has 1 aliphatic heterocycles. The average molecular weight is 453 g/mol. The van der Waals surface area contributed by atoms with Gasteiger partial charge in [-0.15, -0.1) is 11.8 Å². The van der Waals surface area contributed by atoms with Crippen LogP contribution in [0.5, 0.6) is 0 Å². The van der Waals surface area contributed by atoms with Crippen molar-refractivity contribution in [2.45, 2.75) is 16.6 Å². The molecular weight excluding hydrogens is 441 g/mol. The molecule has 1 atom stereocenters. The lowest BCUT2D eigenvalue weighted by atomic mass is 10.2. The summed E-state index contributed by atoms with van der Waals surface area (Å²) in [5.74, 6) is -1.64. The summed E-state index contributed by atoms with van der Waals surface area (Å²) in [4.78, 5) is 37.8. The molecule has 3 rings (SSSR count). The number of carboxylic acid groups (broad SMARTS) is 1. The zero-order valence-electron chi connectivity index (χ0n) is 12.3. The first-order chi connectivity index (χ1) is 11.5.